The van der Waals surface area contributed by atoms with Gasteiger partial charge in [0, 0.05) is 31.6 Å². The molecule has 1 unspecified atom stereocenters. The summed E-state index contributed by atoms with van der Waals surface area (Å²) in [6, 6.07) is 15.5. The van der Waals surface area contributed by atoms with Gasteiger partial charge in [0.05, 0.1) is 17.2 Å². The van der Waals surface area contributed by atoms with Gasteiger partial charge in [-0.25, -0.2) is 0 Å². The van der Waals surface area contributed by atoms with Crippen molar-refractivity contribution >= 4 is 29.2 Å². The number of ether oxygens (including phenoxy) is 2. The number of rotatable bonds is 8. The van der Waals surface area contributed by atoms with Crippen LogP contribution >= 0.6 is 23.2 Å². The van der Waals surface area contributed by atoms with Crippen LogP contribution in [0.2, 0.25) is 10.0 Å². The first-order valence-electron chi connectivity index (χ1n) is 12.7. The smallest absolute Gasteiger partial charge is 0.323 e. The molecule has 2 atom stereocenters. The van der Waals surface area contributed by atoms with Gasteiger partial charge in [0.2, 0.25) is 0 Å². The first-order chi connectivity index (χ1) is 16.9. The van der Waals surface area contributed by atoms with Crippen LogP contribution in [0.15, 0.2) is 48.5 Å². The average molecular weight is 520 g/mol. The van der Waals surface area contributed by atoms with Crippen LogP contribution in [0, 0.1) is 5.92 Å². The first kappa shape index (κ1) is 26.3. The highest BCUT2D eigenvalue weighted by molar-refractivity contribution is 6.42. The SMILES string of the molecule is COC(=O)C([C@@H](C)c1ccccc1)N1CCC(CN2CCC(Oc3ccc(Cl)c(Cl)c3)CC2)CC1. The van der Waals surface area contributed by atoms with Crippen molar-refractivity contribution in [3.05, 3.63) is 64.1 Å². The standard InChI is InChI=1S/C28H36Cl2N2O3/c1-20(22-6-4-3-5-7-22)27(28(33)34-2)32-16-10-21(11-17-32)19-31-14-12-23(13-15-31)35-24-8-9-25(29)26(30)18-24/h3-9,18,20-21,23,27H,10-17,19H2,1-2H3/t20-,27?/m0/s1. The van der Waals surface area contributed by atoms with Crippen LogP contribution in [0.4, 0.5) is 0 Å². The third-order valence-corrected chi connectivity index (χ3v) is 8.27. The second-order valence-electron chi connectivity index (χ2n) is 9.84. The molecule has 0 radical (unpaired) electrons. The highest BCUT2D eigenvalue weighted by Gasteiger charge is 2.35. The second kappa shape index (κ2) is 12.4. The van der Waals surface area contributed by atoms with E-state index in [0.29, 0.717) is 16.0 Å². The number of hydrogen-bond acceptors (Lipinski definition) is 5. The van der Waals surface area contributed by atoms with E-state index in [-0.39, 0.29) is 24.0 Å². The summed E-state index contributed by atoms with van der Waals surface area (Å²) >= 11 is 12.1. The molecule has 7 heteroatoms. The van der Waals surface area contributed by atoms with Crippen LogP contribution in [0.3, 0.4) is 0 Å². The van der Waals surface area contributed by atoms with Gasteiger partial charge in [0.1, 0.15) is 17.9 Å². The fourth-order valence-electron chi connectivity index (χ4n) is 5.46. The molecule has 2 aliphatic rings. The summed E-state index contributed by atoms with van der Waals surface area (Å²) in [7, 11) is 1.49. The quantitative estimate of drug-likeness (QED) is 0.407. The molecule has 2 fully saturated rings. The summed E-state index contributed by atoms with van der Waals surface area (Å²) in [6.45, 7) is 7.19. The maximum atomic E-state index is 12.7. The molecule has 2 aliphatic heterocycles. The predicted molar refractivity (Wildman–Crippen MR) is 142 cm³/mol. The topological polar surface area (TPSA) is 42.0 Å². The molecular weight excluding hydrogens is 483 g/mol. The molecule has 0 aliphatic carbocycles. The number of esters is 1. The van der Waals surface area contributed by atoms with Crippen LogP contribution < -0.4 is 4.74 Å². The minimum absolute atomic E-state index is 0.0924. The van der Waals surface area contributed by atoms with Crippen LogP contribution in [-0.4, -0.2) is 67.7 Å². The van der Waals surface area contributed by atoms with Crippen molar-refractivity contribution < 1.29 is 14.3 Å². The Hall–Kier alpha value is -1.79. The van der Waals surface area contributed by atoms with E-state index in [0.717, 1.165) is 64.2 Å². The second-order valence-corrected chi connectivity index (χ2v) is 10.7. The van der Waals surface area contributed by atoms with Crippen molar-refractivity contribution in [1.29, 1.82) is 0 Å². The number of likely N-dealkylation sites (tertiary alicyclic amines) is 2. The highest BCUT2D eigenvalue weighted by Crippen LogP contribution is 2.30. The maximum absolute atomic E-state index is 12.7. The lowest BCUT2D eigenvalue weighted by atomic mass is 9.88. The Balaban J connectivity index is 1.24. The van der Waals surface area contributed by atoms with Gasteiger partial charge in [-0.05, 0) is 62.4 Å². The summed E-state index contributed by atoms with van der Waals surface area (Å²) in [5, 5.41) is 1.08. The summed E-state index contributed by atoms with van der Waals surface area (Å²) < 4.78 is 11.3. The van der Waals surface area contributed by atoms with E-state index in [2.05, 4.69) is 28.9 Å². The van der Waals surface area contributed by atoms with E-state index in [1.54, 1.807) is 12.1 Å². The van der Waals surface area contributed by atoms with E-state index in [1.807, 2.05) is 24.3 Å². The lowest BCUT2D eigenvalue weighted by Gasteiger charge is -2.41. The number of benzene rings is 2. The lowest BCUT2D eigenvalue weighted by molar-refractivity contribution is -0.148. The van der Waals surface area contributed by atoms with Gasteiger partial charge >= 0.3 is 5.97 Å². The number of carbonyl (C=O) groups is 1. The van der Waals surface area contributed by atoms with Crippen molar-refractivity contribution in [2.75, 3.05) is 39.8 Å². The molecule has 0 amide bonds. The van der Waals surface area contributed by atoms with E-state index >= 15 is 0 Å². The van der Waals surface area contributed by atoms with Crippen LogP contribution in [0.5, 0.6) is 5.75 Å². The zero-order chi connectivity index (χ0) is 24.8. The molecule has 2 aromatic carbocycles. The van der Waals surface area contributed by atoms with Gasteiger partial charge in [-0.1, -0.05) is 60.5 Å². The molecule has 2 saturated heterocycles. The molecule has 190 valence electrons. The number of methoxy groups -OCH3 is 1. The minimum Gasteiger partial charge on any atom is -0.490 e. The first-order valence-corrected chi connectivity index (χ1v) is 13.4. The van der Waals surface area contributed by atoms with Crippen molar-refractivity contribution in [2.24, 2.45) is 5.92 Å². The number of halogens is 2. The van der Waals surface area contributed by atoms with Crippen molar-refractivity contribution in [1.82, 2.24) is 9.80 Å². The van der Waals surface area contributed by atoms with Crippen LogP contribution in [0.1, 0.15) is 44.1 Å². The molecule has 2 heterocycles. The average Bonchev–Trinajstić information content (AvgIpc) is 2.89. The van der Waals surface area contributed by atoms with Crippen LogP contribution in [-0.2, 0) is 9.53 Å². The minimum atomic E-state index is -0.238. The zero-order valence-electron chi connectivity index (χ0n) is 20.7. The Morgan fingerprint density at radius 3 is 2.29 bits per heavy atom. The third-order valence-electron chi connectivity index (χ3n) is 7.53. The molecular formula is C28H36Cl2N2O3. The van der Waals surface area contributed by atoms with Crippen molar-refractivity contribution in [3.8, 4) is 5.75 Å². The lowest BCUT2D eigenvalue weighted by Crippen LogP contribution is -2.50. The summed E-state index contributed by atoms with van der Waals surface area (Å²) in [6.07, 6.45) is 4.45. The number of carbonyl (C=O) groups excluding carboxylic acids is 1. The molecule has 4 rings (SSSR count). The van der Waals surface area contributed by atoms with Gasteiger partial charge in [-0.15, -0.1) is 0 Å². The Morgan fingerprint density at radius 1 is 0.971 bits per heavy atom. The molecule has 0 bridgehead atoms. The summed E-state index contributed by atoms with van der Waals surface area (Å²) in [4.78, 5) is 17.6. The van der Waals surface area contributed by atoms with Gasteiger partial charge in [-0.2, -0.15) is 0 Å². The van der Waals surface area contributed by atoms with Gasteiger partial charge < -0.3 is 14.4 Å². The Kier molecular flexibility index (Phi) is 9.34. The Morgan fingerprint density at radius 2 is 1.66 bits per heavy atom. The molecule has 0 aromatic heterocycles. The van der Waals surface area contributed by atoms with E-state index in [9.17, 15) is 4.79 Å². The molecule has 35 heavy (non-hydrogen) atoms. The van der Waals surface area contributed by atoms with E-state index in [1.165, 1.54) is 12.7 Å². The normalized spacial score (nSPS) is 20.3. The molecule has 2 aromatic rings. The van der Waals surface area contributed by atoms with Crippen LogP contribution in [0.25, 0.3) is 0 Å². The van der Waals surface area contributed by atoms with E-state index in [4.69, 9.17) is 32.7 Å². The number of nitrogens with zero attached hydrogens (tertiary/aromatic N) is 2. The monoisotopic (exact) mass is 518 g/mol. The van der Waals surface area contributed by atoms with E-state index < -0.39 is 0 Å². The van der Waals surface area contributed by atoms with Crippen molar-refractivity contribution in [3.63, 3.8) is 0 Å². The molecule has 0 N–H and O–H groups in total. The summed E-state index contributed by atoms with van der Waals surface area (Å²) in [5.74, 6) is 1.40. The fourth-order valence-corrected chi connectivity index (χ4v) is 5.75. The predicted octanol–water partition coefficient (Wildman–Crippen LogP) is 5.89. The Labute approximate surface area is 219 Å². The molecule has 0 saturated carbocycles. The maximum Gasteiger partial charge on any atom is 0.323 e. The summed E-state index contributed by atoms with van der Waals surface area (Å²) in [5.41, 5.74) is 1.18. The highest BCUT2D eigenvalue weighted by atomic mass is 35.5. The third kappa shape index (κ3) is 6.91. The number of hydrogen-bond donors (Lipinski definition) is 0. The Bertz CT molecular complexity index is 958. The molecule has 5 nitrogen and oxygen atoms in total. The largest absolute Gasteiger partial charge is 0.490 e. The van der Waals surface area contributed by atoms with Gasteiger partial charge in [0.15, 0.2) is 0 Å². The van der Waals surface area contributed by atoms with Gasteiger partial charge in [-0.3, -0.25) is 9.69 Å². The fraction of sp³-hybridized carbons (Fsp3) is 0.536. The van der Waals surface area contributed by atoms with Gasteiger partial charge in [0.25, 0.3) is 0 Å². The number of piperidine rings is 2. The molecule has 0 spiro atoms. The zero-order valence-corrected chi connectivity index (χ0v) is 22.2. The van der Waals surface area contributed by atoms with Crippen molar-refractivity contribution in [2.45, 2.75) is 50.7 Å².